The smallest absolute Gasteiger partial charge is 0.225 e. The Bertz CT molecular complexity index is 588. The van der Waals surface area contributed by atoms with Crippen LogP contribution in [0.5, 0.6) is 0 Å². The zero-order valence-corrected chi connectivity index (χ0v) is 16.7. The minimum atomic E-state index is -2.98. The first kappa shape index (κ1) is 21.0. The summed E-state index contributed by atoms with van der Waals surface area (Å²) >= 11 is 0. The highest BCUT2D eigenvalue weighted by Crippen LogP contribution is 2.27. The number of hydrogen-bond acceptors (Lipinski definition) is 5. The van der Waals surface area contributed by atoms with Crippen LogP contribution in [0.3, 0.4) is 0 Å². The fraction of sp³-hybridized carbons (Fsp3) is 0.882. The third-order valence-corrected chi connectivity index (χ3v) is 5.81. The Kier molecular flexibility index (Phi) is 8.15. The molecule has 2 aliphatic rings. The minimum absolute atomic E-state index is 0.0346. The molecular weight excluding hydrogens is 356 g/mol. The van der Waals surface area contributed by atoms with Crippen LogP contribution in [0.4, 0.5) is 0 Å². The Balaban J connectivity index is 1.63. The lowest BCUT2D eigenvalue weighted by atomic mass is 10.1. The number of likely N-dealkylation sites (tertiary alicyclic amines) is 1. The van der Waals surface area contributed by atoms with E-state index in [1.807, 2.05) is 4.90 Å². The van der Waals surface area contributed by atoms with Crippen LogP contribution in [0, 0.1) is 5.92 Å². The van der Waals surface area contributed by atoms with Crippen molar-refractivity contribution in [1.82, 2.24) is 15.5 Å². The minimum Gasteiger partial charge on any atom is -0.379 e. The van der Waals surface area contributed by atoms with Crippen molar-refractivity contribution in [3.63, 3.8) is 0 Å². The van der Waals surface area contributed by atoms with Gasteiger partial charge in [-0.15, -0.1) is 0 Å². The number of sulfone groups is 1. The maximum absolute atomic E-state index is 12.5. The van der Waals surface area contributed by atoms with Crippen molar-refractivity contribution in [3.05, 3.63) is 0 Å². The van der Waals surface area contributed by atoms with Crippen molar-refractivity contribution in [2.24, 2.45) is 10.9 Å². The first-order chi connectivity index (χ1) is 12.4. The predicted octanol–water partition coefficient (Wildman–Crippen LogP) is 0.00370. The summed E-state index contributed by atoms with van der Waals surface area (Å²) in [5.74, 6) is 1.26. The van der Waals surface area contributed by atoms with E-state index in [2.05, 4.69) is 15.6 Å². The van der Waals surface area contributed by atoms with Gasteiger partial charge in [-0.2, -0.15) is 0 Å². The second-order valence-electron chi connectivity index (χ2n) is 7.14. The van der Waals surface area contributed by atoms with Crippen LogP contribution in [0.25, 0.3) is 0 Å². The molecule has 1 unspecified atom stereocenters. The third-order valence-electron chi connectivity index (χ3n) is 4.91. The Morgan fingerprint density at radius 3 is 2.62 bits per heavy atom. The molecular formula is C17H32N4O4S. The summed E-state index contributed by atoms with van der Waals surface area (Å²) in [5, 5.41) is 6.50. The van der Waals surface area contributed by atoms with Gasteiger partial charge >= 0.3 is 0 Å². The molecule has 26 heavy (non-hydrogen) atoms. The monoisotopic (exact) mass is 388 g/mol. The summed E-state index contributed by atoms with van der Waals surface area (Å²) < 4.78 is 27.3. The normalized spacial score (nSPS) is 22.0. The zero-order valence-electron chi connectivity index (χ0n) is 15.9. The van der Waals surface area contributed by atoms with Crippen molar-refractivity contribution in [2.45, 2.75) is 38.1 Å². The molecule has 1 saturated heterocycles. The average Bonchev–Trinajstić information content (AvgIpc) is 3.27. The standard InChI is InChI=1S/C17H32N4O4S/c1-18-17(19-8-10-25-11-12-26(2,23)24)20-15-7-9-21(13-15)16(22)14-5-3-4-6-14/h14-15H,3-13H2,1-2H3,(H2,18,19,20). The number of carbonyl (C=O) groups is 1. The molecule has 1 atom stereocenters. The maximum atomic E-state index is 12.5. The van der Waals surface area contributed by atoms with E-state index < -0.39 is 9.84 Å². The molecule has 2 fully saturated rings. The molecule has 0 aromatic carbocycles. The Morgan fingerprint density at radius 2 is 1.96 bits per heavy atom. The number of nitrogens with zero attached hydrogens (tertiary/aromatic N) is 2. The van der Waals surface area contributed by atoms with E-state index in [0.29, 0.717) is 25.0 Å². The van der Waals surface area contributed by atoms with E-state index in [9.17, 15) is 13.2 Å². The number of ether oxygens (including phenoxy) is 1. The van der Waals surface area contributed by atoms with Crippen LogP contribution in [-0.2, 0) is 19.4 Å². The fourth-order valence-corrected chi connectivity index (χ4v) is 3.87. The Labute approximate surface area is 156 Å². The van der Waals surface area contributed by atoms with Gasteiger partial charge in [0.25, 0.3) is 0 Å². The first-order valence-electron chi connectivity index (χ1n) is 9.40. The van der Waals surface area contributed by atoms with Gasteiger partial charge in [-0.05, 0) is 19.3 Å². The van der Waals surface area contributed by atoms with E-state index >= 15 is 0 Å². The van der Waals surface area contributed by atoms with E-state index in [-0.39, 0.29) is 24.3 Å². The second kappa shape index (κ2) is 10.1. The van der Waals surface area contributed by atoms with E-state index in [1.54, 1.807) is 7.05 Å². The predicted molar refractivity (Wildman–Crippen MR) is 102 cm³/mol. The van der Waals surface area contributed by atoms with Gasteiger partial charge in [0, 0.05) is 44.9 Å². The number of rotatable bonds is 8. The molecule has 0 aromatic heterocycles. The van der Waals surface area contributed by atoms with Gasteiger partial charge in [0.1, 0.15) is 9.84 Å². The molecule has 9 heteroatoms. The maximum Gasteiger partial charge on any atom is 0.225 e. The number of carbonyl (C=O) groups excluding carboxylic acids is 1. The van der Waals surface area contributed by atoms with E-state index in [0.717, 1.165) is 32.4 Å². The highest BCUT2D eigenvalue weighted by atomic mass is 32.2. The molecule has 1 aliphatic heterocycles. The topological polar surface area (TPSA) is 100 Å². The SMILES string of the molecule is CN=C(NCCOCCS(C)(=O)=O)NC1CCN(C(=O)C2CCCC2)C1. The summed E-state index contributed by atoms with van der Waals surface area (Å²) in [6.07, 6.45) is 6.54. The van der Waals surface area contributed by atoms with Crippen LogP contribution in [0.1, 0.15) is 32.1 Å². The lowest BCUT2D eigenvalue weighted by Gasteiger charge is -2.21. The molecule has 0 radical (unpaired) electrons. The largest absolute Gasteiger partial charge is 0.379 e. The first-order valence-corrected chi connectivity index (χ1v) is 11.5. The van der Waals surface area contributed by atoms with Crippen molar-refractivity contribution in [3.8, 4) is 0 Å². The lowest BCUT2D eigenvalue weighted by Crippen LogP contribution is -2.46. The van der Waals surface area contributed by atoms with Gasteiger partial charge < -0.3 is 20.3 Å². The molecule has 2 N–H and O–H groups in total. The second-order valence-corrected chi connectivity index (χ2v) is 9.40. The van der Waals surface area contributed by atoms with Crippen LogP contribution < -0.4 is 10.6 Å². The molecule has 1 amide bonds. The van der Waals surface area contributed by atoms with Crippen LogP contribution in [-0.4, -0.2) is 83.1 Å². The number of aliphatic imine (C=N–C) groups is 1. The summed E-state index contributed by atoms with van der Waals surface area (Å²) in [6.45, 7) is 2.68. The molecule has 1 aliphatic carbocycles. The zero-order chi connectivity index (χ0) is 19.0. The molecule has 0 bridgehead atoms. The van der Waals surface area contributed by atoms with Gasteiger partial charge in [-0.25, -0.2) is 8.42 Å². The summed E-state index contributed by atoms with van der Waals surface area (Å²) in [7, 11) is -1.28. The van der Waals surface area contributed by atoms with Crippen molar-refractivity contribution in [2.75, 3.05) is 51.9 Å². The lowest BCUT2D eigenvalue weighted by molar-refractivity contribution is -0.134. The Hall–Kier alpha value is -1.35. The van der Waals surface area contributed by atoms with Gasteiger partial charge in [0.2, 0.25) is 5.91 Å². The molecule has 0 aromatic rings. The average molecular weight is 389 g/mol. The van der Waals surface area contributed by atoms with Gasteiger partial charge in [-0.3, -0.25) is 9.79 Å². The highest BCUT2D eigenvalue weighted by molar-refractivity contribution is 7.90. The summed E-state index contributed by atoms with van der Waals surface area (Å²) in [5.41, 5.74) is 0. The van der Waals surface area contributed by atoms with Gasteiger partial charge in [0.15, 0.2) is 5.96 Å². The van der Waals surface area contributed by atoms with Crippen LogP contribution in [0.15, 0.2) is 4.99 Å². The fourth-order valence-electron chi connectivity index (χ4n) is 3.45. The van der Waals surface area contributed by atoms with E-state index in [1.165, 1.54) is 19.1 Å². The van der Waals surface area contributed by atoms with Gasteiger partial charge in [0.05, 0.1) is 19.0 Å². The number of nitrogens with one attached hydrogen (secondary N) is 2. The van der Waals surface area contributed by atoms with Crippen LogP contribution >= 0.6 is 0 Å². The van der Waals surface area contributed by atoms with Crippen molar-refractivity contribution >= 4 is 21.7 Å². The molecule has 1 heterocycles. The number of guanidine groups is 1. The van der Waals surface area contributed by atoms with Crippen molar-refractivity contribution < 1.29 is 17.9 Å². The third kappa shape index (κ3) is 7.11. The molecule has 1 saturated carbocycles. The molecule has 150 valence electrons. The van der Waals surface area contributed by atoms with Crippen molar-refractivity contribution in [1.29, 1.82) is 0 Å². The summed E-state index contributed by atoms with van der Waals surface area (Å²) in [6, 6.07) is 0.206. The van der Waals surface area contributed by atoms with E-state index in [4.69, 9.17) is 4.74 Å². The molecule has 0 spiro atoms. The molecule has 8 nitrogen and oxygen atoms in total. The number of amides is 1. The number of hydrogen-bond donors (Lipinski definition) is 2. The molecule has 2 rings (SSSR count). The highest BCUT2D eigenvalue weighted by Gasteiger charge is 2.32. The quantitative estimate of drug-likeness (QED) is 0.345. The van der Waals surface area contributed by atoms with Crippen LogP contribution in [0.2, 0.25) is 0 Å². The van der Waals surface area contributed by atoms with Gasteiger partial charge in [-0.1, -0.05) is 12.8 Å². The summed E-state index contributed by atoms with van der Waals surface area (Å²) in [4.78, 5) is 18.7. The Morgan fingerprint density at radius 1 is 1.23 bits per heavy atom.